The molecule has 1 aliphatic rings. The molecule has 0 radical (unpaired) electrons. The maximum absolute atomic E-state index is 10.9. The molecule has 3 rings (SSSR count). The Labute approximate surface area is 109 Å². The summed E-state index contributed by atoms with van der Waals surface area (Å²) in [7, 11) is 0. The molecule has 1 aliphatic heterocycles. The Morgan fingerprint density at radius 1 is 1.47 bits per heavy atom. The first-order chi connectivity index (χ1) is 9.20. The van der Waals surface area contributed by atoms with E-state index in [-0.39, 0.29) is 12.5 Å². The molecule has 0 saturated heterocycles. The molecule has 1 aromatic heterocycles. The molecule has 1 aromatic carbocycles. The quantitative estimate of drug-likeness (QED) is 0.882. The molecule has 0 fully saturated rings. The topological polar surface area (TPSA) is 84.4 Å². The molecule has 19 heavy (non-hydrogen) atoms. The van der Waals surface area contributed by atoms with Crippen LogP contribution >= 0.6 is 0 Å². The van der Waals surface area contributed by atoms with E-state index < -0.39 is 5.97 Å². The van der Waals surface area contributed by atoms with Gasteiger partial charge >= 0.3 is 5.97 Å². The maximum atomic E-state index is 10.9. The summed E-state index contributed by atoms with van der Waals surface area (Å²) in [5.74, 6) is 0.409. The van der Waals surface area contributed by atoms with E-state index in [0.717, 1.165) is 29.0 Å². The number of benzene rings is 1. The number of fused-ring (bicyclic) bond motifs is 1. The Balaban J connectivity index is 2.11. The molecular weight excluding hydrogens is 248 g/mol. The molecule has 0 amide bonds. The standard InChI is InChI=1S/C13H12N2O4/c1-2-7-8(3-4-11-12(7)19-6-18-11)9-5-10(13(16)17)15-14-9/h3-5H,2,6H2,1H3,(H,14,15)(H,16,17). The van der Waals surface area contributed by atoms with Crippen LogP contribution in [0.1, 0.15) is 23.0 Å². The molecule has 2 aromatic rings. The lowest BCUT2D eigenvalue weighted by atomic mass is 10.0. The number of hydrogen-bond acceptors (Lipinski definition) is 4. The summed E-state index contributed by atoms with van der Waals surface area (Å²) in [6.07, 6.45) is 0.747. The van der Waals surface area contributed by atoms with Crippen LogP contribution in [0.15, 0.2) is 18.2 Å². The lowest BCUT2D eigenvalue weighted by Gasteiger charge is -2.08. The van der Waals surface area contributed by atoms with Crippen molar-refractivity contribution in [2.45, 2.75) is 13.3 Å². The van der Waals surface area contributed by atoms with Crippen molar-refractivity contribution in [3.63, 3.8) is 0 Å². The molecule has 2 heterocycles. The molecule has 6 heteroatoms. The van der Waals surface area contributed by atoms with Gasteiger partial charge in [-0.1, -0.05) is 6.92 Å². The average molecular weight is 260 g/mol. The van der Waals surface area contributed by atoms with Gasteiger partial charge in [-0.25, -0.2) is 4.79 Å². The van der Waals surface area contributed by atoms with Crippen molar-refractivity contribution in [2.75, 3.05) is 6.79 Å². The summed E-state index contributed by atoms with van der Waals surface area (Å²) < 4.78 is 10.8. The van der Waals surface area contributed by atoms with Crippen LogP contribution in [-0.2, 0) is 6.42 Å². The second-order valence-corrected chi connectivity index (χ2v) is 4.15. The predicted molar refractivity (Wildman–Crippen MR) is 66.5 cm³/mol. The summed E-state index contributed by atoms with van der Waals surface area (Å²) in [6.45, 7) is 2.22. The molecule has 0 unspecified atom stereocenters. The number of nitrogens with zero attached hydrogens (tertiary/aromatic N) is 1. The second kappa shape index (κ2) is 4.31. The minimum Gasteiger partial charge on any atom is -0.477 e. The summed E-state index contributed by atoms with van der Waals surface area (Å²) >= 11 is 0. The zero-order valence-electron chi connectivity index (χ0n) is 10.3. The minimum atomic E-state index is -1.03. The fraction of sp³-hybridized carbons (Fsp3) is 0.231. The van der Waals surface area contributed by atoms with Crippen LogP contribution < -0.4 is 9.47 Å². The Kier molecular flexibility index (Phi) is 2.63. The molecular formula is C13H12N2O4. The van der Waals surface area contributed by atoms with E-state index in [1.165, 1.54) is 6.07 Å². The highest BCUT2D eigenvalue weighted by Crippen LogP contribution is 2.40. The van der Waals surface area contributed by atoms with E-state index in [4.69, 9.17) is 14.6 Å². The lowest BCUT2D eigenvalue weighted by Crippen LogP contribution is -1.95. The van der Waals surface area contributed by atoms with Gasteiger partial charge in [0.15, 0.2) is 11.5 Å². The Hall–Kier alpha value is -2.50. The first-order valence-corrected chi connectivity index (χ1v) is 5.91. The first-order valence-electron chi connectivity index (χ1n) is 5.91. The molecule has 2 N–H and O–H groups in total. The van der Waals surface area contributed by atoms with E-state index in [0.29, 0.717) is 5.69 Å². The number of hydrogen-bond donors (Lipinski definition) is 2. The zero-order valence-corrected chi connectivity index (χ0v) is 10.3. The van der Waals surface area contributed by atoms with Crippen molar-refractivity contribution in [1.29, 1.82) is 0 Å². The van der Waals surface area contributed by atoms with Crippen molar-refractivity contribution in [3.8, 4) is 22.8 Å². The van der Waals surface area contributed by atoms with Gasteiger partial charge in [0.25, 0.3) is 0 Å². The van der Waals surface area contributed by atoms with Crippen molar-refractivity contribution in [1.82, 2.24) is 10.2 Å². The lowest BCUT2D eigenvalue weighted by molar-refractivity contribution is 0.0690. The van der Waals surface area contributed by atoms with Gasteiger partial charge in [-0.15, -0.1) is 0 Å². The van der Waals surface area contributed by atoms with Gasteiger partial charge < -0.3 is 14.6 Å². The molecule has 0 spiro atoms. The fourth-order valence-corrected chi connectivity index (χ4v) is 2.19. The zero-order chi connectivity index (χ0) is 13.4. The number of carbonyl (C=O) groups is 1. The number of ether oxygens (including phenoxy) is 2. The molecule has 0 saturated carbocycles. The van der Waals surface area contributed by atoms with Gasteiger partial charge in [0.1, 0.15) is 5.69 Å². The molecule has 98 valence electrons. The minimum absolute atomic E-state index is 0.0646. The van der Waals surface area contributed by atoms with Crippen LogP contribution in [0.25, 0.3) is 11.3 Å². The smallest absolute Gasteiger partial charge is 0.353 e. The third-order valence-corrected chi connectivity index (χ3v) is 3.08. The van der Waals surface area contributed by atoms with E-state index in [9.17, 15) is 4.79 Å². The highest BCUT2D eigenvalue weighted by Gasteiger charge is 2.21. The van der Waals surface area contributed by atoms with E-state index in [2.05, 4.69) is 10.2 Å². The van der Waals surface area contributed by atoms with Crippen LogP contribution in [-0.4, -0.2) is 28.1 Å². The average Bonchev–Trinajstić information content (AvgIpc) is 3.05. The number of H-pyrrole nitrogens is 1. The van der Waals surface area contributed by atoms with Crippen molar-refractivity contribution in [2.24, 2.45) is 0 Å². The largest absolute Gasteiger partial charge is 0.477 e. The second-order valence-electron chi connectivity index (χ2n) is 4.15. The third-order valence-electron chi connectivity index (χ3n) is 3.08. The SMILES string of the molecule is CCc1c(-c2cc(C(=O)O)[nH]n2)ccc2c1OCO2. The molecule has 0 atom stereocenters. The summed E-state index contributed by atoms with van der Waals surface area (Å²) in [5.41, 5.74) is 2.48. The van der Waals surface area contributed by atoms with Crippen LogP contribution in [0.4, 0.5) is 0 Å². The van der Waals surface area contributed by atoms with Gasteiger partial charge in [-0.3, -0.25) is 5.10 Å². The summed E-state index contributed by atoms with van der Waals surface area (Å²) in [4.78, 5) is 10.9. The van der Waals surface area contributed by atoms with E-state index >= 15 is 0 Å². The Bertz CT molecular complexity index is 648. The predicted octanol–water partition coefficient (Wildman–Crippen LogP) is 2.07. The number of aromatic amines is 1. The normalized spacial score (nSPS) is 12.7. The number of aromatic carboxylic acids is 1. The van der Waals surface area contributed by atoms with Crippen LogP contribution in [0.2, 0.25) is 0 Å². The van der Waals surface area contributed by atoms with Gasteiger partial charge in [0, 0.05) is 11.1 Å². The van der Waals surface area contributed by atoms with E-state index in [1.54, 1.807) is 0 Å². The fourth-order valence-electron chi connectivity index (χ4n) is 2.19. The first kappa shape index (κ1) is 11.6. The maximum Gasteiger partial charge on any atom is 0.353 e. The molecule has 0 bridgehead atoms. The molecule has 0 aliphatic carbocycles. The van der Waals surface area contributed by atoms with Crippen LogP contribution in [0, 0.1) is 0 Å². The monoisotopic (exact) mass is 260 g/mol. The van der Waals surface area contributed by atoms with Crippen molar-refractivity contribution >= 4 is 5.97 Å². The number of rotatable bonds is 3. The van der Waals surface area contributed by atoms with Crippen LogP contribution in [0.5, 0.6) is 11.5 Å². The van der Waals surface area contributed by atoms with Crippen LogP contribution in [0.3, 0.4) is 0 Å². The number of aromatic nitrogens is 2. The van der Waals surface area contributed by atoms with Gasteiger partial charge in [0.05, 0.1) is 5.69 Å². The number of carboxylic acid groups (broad SMARTS) is 1. The highest BCUT2D eigenvalue weighted by molar-refractivity contribution is 5.87. The number of nitrogens with one attached hydrogen (secondary N) is 1. The summed E-state index contributed by atoms with van der Waals surface area (Å²) in [6, 6.07) is 5.19. The Morgan fingerprint density at radius 3 is 3.00 bits per heavy atom. The number of carboxylic acids is 1. The summed E-state index contributed by atoms with van der Waals surface area (Å²) in [5, 5.41) is 15.5. The van der Waals surface area contributed by atoms with Gasteiger partial charge in [-0.2, -0.15) is 5.10 Å². The molecule has 6 nitrogen and oxygen atoms in total. The Morgan fingerprint density at radius 2 is 2.32 bits per heavy atom. The van der Waals surface area contributed by atoms with E-state index in [1.807, 2.05) is 19.1 Å². The van der Waals surface area contributed by atoms with Crippen molar-refractivity contribution in [3.05, 3.63) is 29.5 Å². The van der Waals surface area contributed by atoms with Gasteiger partial charge in [-0.05, 0) is 24.6 Å². The third kappa shape index (κ3) is 1.81. The highest BCUT2D eigenvalue weighted by atomic mass is 16.7. The van der Waals surface area contributed by atoms with Crippen molar-refractivity contribution < 1.29 is 19.4 Å². The van der Waals surface area contributed by atoms with Gasteiger partial charge in [0.2, 0.25) is 6.79 Å².